The molecule has 0 aliphatic carbocycles. The molecular formula is C22H24FN5O5S. The van der Waals surface area contributed by atoms with Gasteiger partial charge >= 0.3 is 0 Å². The third-order valence-corrected chi connectivity index (χ3v) is 7.71. The summed E-state index contributed by atoms with van der Waals surface area (Å²) >= 11 is 0. The molecule has 1 atom stereocenters. The molecule has 2 heterocycles. The smallest absolute Gasteiger partial charge is 0.270 e. The van der Waals surface area contributed by atoms with Gasteiger partial charge in [-0.1, -0.05) is 0 Å². The molecule has 0 saturated carbocycles. The number of carbonyl (C=O) groups excluding carboxylic acids is 2. The number of nitrogens with two attached hydrogens (primary N) is 1. The highest BCUT2D eigenvalue weighted by Gasteiger charge is 2.38. The van der Waals surface area contributed by atoms with Gasteiger partial charge in [0.25, 0.3) is 5.91 Å². The zero-order valence-corrected chi connectivity index (χ0v) is 19.2. The van der Waals surface area contributed by atoms with Crippen LogP contribution in [-0.4, -0.2) is 74.5 Å². The first-order valence-electron chi connectivity index (χ1n) is 10.6. The van der Waals surface area contributed by atoms with E-state index in [1.165, 1.54) is 57.7 Å². The maximum Gasteiger partial charge on any atom is 0.270 e. The molecule has 1 fully saturated rings. The lowest BCUT2D eigenvalue weighted by molar-refractivity contribution is -0.125. The van der Waals surface area contributed by atoms with Crippen molar-refractivity contribution in [2.24, 2.45) is 10.8 Å². The lowest BCUT2D eigenvalue weighted by Gasteiger charge is -2.33. The van der Waals surface area contributed by atoms with Crippen LogP contribution in [0, 0.1) is 5.82 Å². The normalized spacial score (nSPS) is 19.1. The maximum atomic E-state index is 13.3. The molecule has 1 unspecified atom stereocenters. The molecule has 180 valence electrons. The first-order valence-corrected chi connectivity index (χ1v) is 12.0. The molecule has 2 amide bonds. The third kappa shape index (κ3) is 4.59. The summed E-state index contributed by atoms with van der Waals surface area (Å²) in [6.07, 6.45) is 0.00983. The number of anilines is 1. The van der Waals surface area contributed by atoms with Gasteiger partial charge in [0.2, 0.25) is 15.9 Å². The number of nitrogens with zero attached hydrogens (tertiary/aromatic N) is 4. The van der Waals surface area contributed by atoms with Crippen LogP contribution >= 0.6 is 0 Å². The summed E-state index contributed by atoms with van der Waals surface area (Å²) in [7, 11) is -2.22. The van der Waals surface area contributed by atoms with Crippen molar-refractivity contribution in [3.8, 4) is 5.75 Å². The predicted molar refractivity (Wildman–Crippen MR) is 122 cm³/mol. The minimum Gasteiger partial charge on any atom is -0.497 e. The quantitative estimate of drug-likeness (QED) is 0.640. The van der Waals surface area contributed by atoms with Gasteiger partial charge in [-0.25, -0.2) is 12.8 Å². The summed E-state index contributed by atoms with van der Waals surface area (Å²) in [6, 6.07) is 10.6. The molecule has 2 aliphatic rings. The second kappa shape index (κ2) is 9.39. The van der Waals surface area contributed by atoms with Crippen LogP contribution in [0.5, 0.6) is 5.75 Å². The minimum absolute atomic E-state index is 0.00983. The maximum absolute atomic E-state index is 13.3. The number of piperazine rings is 1. The first kappa shape index (κ1) is 23.6. The molecule has 10 nitrogen and oxygen atoms in total. The van der Waals surface area contributed by atoms with Crippen molar-refractivity contribution in [2.45, 2.75) is 17.4 Å². The molecular weight excluding hydrogens is 465 g/mol. The Morgan fingerprint density at radius 3 is 2.21 bits per heavy atom. The zero-order chi connectivity index (χ0) is 24.5. The molecule has 34 heavy (non-hydrogen) atoms. The number of sulfonamides is 1. The fourth-order valence-electron chi connectivity index (χ4n) is 3.90. The number of halogens is 1. The van der Waals surface area contributed by atoms with Gasteiger partial charge in [0.05, 0.1) is 17.7 Å². The van der Waals surface area contributed by atoms with Crippen LogP contribution in [0.25, 0.3) is 0 Å². The molecule has 2 aliphatic heterocycles. The minimum atomic E-state index is -3.71. The van der Waals surface area contributed by atoms with Gasteiger partial charge in [0.15, 0.2) is 0 Å². The van der Waals surface area contributed by atoms with E-state index in [0.717, 1.165) is 0 Å². The number of rotatable bonds is 6. The van der Waals surface area contributed by atoms with Crippen molar-refractivity contribution in [3.05, 3.63) is 54.3 Å². The van der Waals surface area contributed by atoms with E-state index in [2.05, 4.69) is 5.10 Å². The molecule has 12 heteroatoms. The van der Waals surface area contributed by atoms with Crippen molar-refractivity contribution in [1.29, 1.82) is 0 Å². The number of hydrogen-bond acceptors (Lipinski definition) is 7. The lowest BCUT2D eigenvalue weighted by atomic mass is 10.1. The highest BCUT2D eigenvalue weighted by molar-refractivity contribution is 7.89. The summed E-state index contributed by atoms with van der Waals surface area (Å²) < 4.78 is 45.5. The number of primary amides is 1. The average molecular weight is 490 g/mol. The van der Waals surface area contributed by atoms with Crippen molar-refractivity contribution >= 4 is 33.2 Å². The van der Waals surface area contributed by atoms with E-state index in [1.807, 2.05) is 0 Å². The van der Waals surface area contributed by atoms with Gasteiger partial charge in [0.1, 0.15) is 23.3 Å². The van der Waals surface area contributed by atoms with E-state index in [-0.39, 0.29) is 43.2 Å². The Balaban J connectivity index is 1.45. The number of amides is 2. The van der Waals surface area contributed by atoms with Gasteiger partial charge in [-0.05, 0) is 48.5 Å². The number of ether oxygens (including phenoxy) is 1. The van der Waals surface area contributed by atoms with Crippen LogP contribution in [0.2, 0.25) is 0 Å². The van der Waals surface area contributed by atoms with Gasteiger partial charge < -0.3 is 15.4 Å². The first-order chi connectivity index (χ1) is 16.2. The highest BCUT2D eigenvalue weighted by Crippen LogP contribution is 2.26. The zero-order valence-electron chi connectivity index (χ0n) is 18.4. The summed E-state index contributed by atoms with van der Waals surface area (Å²) in [4.78, 5) is 26.7. The largest absolute Gasteiger partial charge is 0.497 e. The molecule has 0 aromatic heterocycles. The average Bonchev–Trinajstić information content (AvgIpc) is 3.30. The van der Waals surface area contributed by atoms with E-state index >= 15 is 0 Å². The van der Waals surface area contributed by atoms with E-state index in [4.69, 9.17) is 10.5 Å². The molecule has 1 saturated heterocycles. The van der Waals surface area contributed by atoms with Crippen LogP contribution in [0.4, 0.5) is 10.1 Å². The number of methoxy groups -OCH3 is 1. The van der Waals surface area contributed by atoms with Crippen molar-refractivity contribution < 1.29 is 27.1 Å². The third-order valence-electron chi connectivity index (χ3n) is 5.80. The molecule has 2 N–H and O–H groups in total. The fraction of sp³-hybridized carbons (Fsp3) is 0.318. The summed E-state index contributed by atoms with van der Waals surface area (Å²) in [5.41, 5.74) is 6.07. The molecule has 0 spiro atoms. The van der Waals surface area contributed by atoms with Gasteiger partial charge in [0, 0.05) is 32.6 Å². The molecule has 0 bridgehead atoms. The second-order valence-corrected chi connectivity index (χ2v) is 9.80. The Morgan fingerprint density at radius 1 is 1.03 bits per heavy atom. The topological polar surface area (TPSA) is 126 Å². The summed E-state index contributed by atoms with van der Waals surface area (Å²) in [5, 5.41) is 5.61. The number of carbonyl (C=O) groups is 2. The van der Waals surface area contributed by atoms with Crippen LogP contribution in [0.3, 0.4) is 0 Å². The van der Waals surface area contributed by atoms with Crippen molar-refractivity contribution in [1.82, 2.24) is 9.21 Å². The summed E-state index contributed by atoms with van der Waals surface area (Å²) in [6.45, 7) is 0.582. The Morgan fingerprint density at radius 2 is 1.65 bits per heavy atom. The van der Waals surface area contributed by atoms with Gasteiger partial charge in [-0.15, -0.1) is 0 Å². The Hall–Kier alpha value is -3.51. The Kier molecular flexibility index (Phi) is 6.53. The van der Waals surface area contributed by atoms with Gasteiger partial charge in [-0.3, -0.25) is 14.6 Å². The lowest BCUT2D eigenvalue weighted by Crippen LogP contribution is -2.52. The standard InChI is InChI=1S/C22H24FN5O5S/c1-33-17-6-8-18(9-7-17)34(31,32)27-12-10-26(11-13-27)22(30)19-14-20(21(24)29)28(25-19)16-4-2-15(23)3-5-16/h2-9,20H,10-14H2,1H3,(H2,24,29). The van der Waals surface area contributed by atoms with Crippen molar-refractivity contribution in [3.63, 3.8) is 0 Å². The molecule has 4 rings (SSSR count). The monoisotopic (exact) mass is 489 g/mol. The van der Waals surface area contributed by atoms with Crippen LogP contribution < -0.4 is 15.5 Å². The number of hydrazone groups is 1. The number of benzene rings is 2. The highest BCUT2D eigenvalue weighted by atomic mass is 32.2. The van der Waals surface area contributed by atoms with Gasteiger partial charge in [-0.2, -0.15) is 9.41 Å². The van der Waals surface area contributed by atoms with E-state index < -0.39 is 33.7 Å². The Labute approximate surface area is 196 Å². The van der Waals surface area contributed by atoms with E-state index in [9.17, 15) is 22.4 Å². The van der Waals surface area contributed by atoms with E-state index in [1.54, 1.807) is 12.1 Å². The fourth-order valence-corrected chi connectivity index (χ4v) is 5.33. The molecule has 2 aromatic rings. The number of hydrogen-bond donors (Lipinski definition) is 1. The van der Waals surface area contributed by atoms with Crippen LogP contribution in [0.15, 0.2) is 58.5 Å². The Bertz CT molecular complexity index is 1210. The van der Waals surface area contributed by atoms with E-state index in [0.29, 0.717) is 11.4 Å². The molecule has 2 aromatic carbocycles. The van der Waals surface area contributed by atoms with Crippen molar-refractivity contribution in [2.75, 3.05) is 38.3 Å². The summed E-state index contributed by atoms with van der Waals surface area (Å²) in [5.74, 6) is -0.944. The van der Waals surface area contributed by atoms with Crippen LogP contribution in [0.1, 0.15) is 6.42 Å². The second-order valence-electron chi connectivity index (χ2n) is 7.86. The molecule has 0 radical (unpaired) electrons. The van der Waals surface area contributed by atoms with Crippen LogP contribution in [-0.2, 0) is 19.6 Å². The SMILES string of the molecule is COc1ccc(S(=O)(=O)N2CCN(C(=O)C3=NN(c4ccc(F)cc4)C(C(N)=O)C3)CC2)cc1. The predicted octanol–water partition coefficient (Wildman–Crippen LogP) is 0.787.